The number of nitrogens with zero attached hydrogens (tertiary/aromatic N) is 2. The predicted octanol–water partition coefficient (Wildman–Crippen LogP) is 0.301. The lowest BCUT2D eigenvalue weighted by atomic mass is 10.2. The number of rotatable bonds is 2. The van der Waals surface area contributed by atoms with Crippen molar-refractivity contribution in [2.45, 2.75) is 13.3 Å². The van der Waals surface area contributed by atoms with Crippen LogP contribution in [-0.4, -0.2) is 23.0 Å². The summed E-state index contributed by atoms with van der Waals surface area (Å²) in [7, 11) is 1.35. The van der Waals surface area contributed by atoms with E-state index in [4.69, 9.17) is 0 Å². The Morgan fingerprint density at radius 2 is 2.50 bits per heavy atom. The molecule has 1 aromatic heterocycles. The van der Waals surface area contributed by atoms with E-state index in [0.29, 0.717) is 0 Å². The van der Waals surface area contributed by atoms with Crippen molar-refractivity contribution >= 4 is 5.97 Å². The average molecular weight is 165 g/mol. The molecule has 0 saturated carbocycles. The van der Waals surface area contributed by atoms with Crippen molar-refractivity contribution < 1.29 is 9.53 Å². The van der Waals surface area contributed by atoms with E-state index in [1.165, 1.54) is 7.11 Å². The molecule has 0 aliphatic carbocycles. The van der Waals surface area contributed by atoms with Crippen molar-refractivity contribution in [2.75, 3.05) is 7.11 Å². The highest BCUT2D eigenvalue weighted by molar-refractivity contribution is 5.72. The van der Waals surface area contributed by atoms with Crippen LogP contribution in [0.2, 0.25) is 0 Å². The molecule has 0 spiro atoms. The van der Waals surface area contributed by atoms with Crippen LogP contribution in [0.3, 0.4) is 0 Å². The van der Waals surface area contributed by atoms with Gasteiger partial charge in [0.1, 0.15) is 0 Å². The molecule has 0 fully saturated rings. The Hall–Kier alpha value is -1.45. The van der Waals surface area contributed by atoms with Crippen molar-refractivity contribution in [3.05, 3.63) is 23.8 Å². The lowest BCUT2D eigenvalue weighted by molar-refractivity contribution is -0.139. The van der Waals surface area contributed by atoms with E-state index in [9.17, 15) is 4.79 Å². The van der Waals surface area contributed by atoms with Crippen molar-refractivity contribution in [3.63, 3.8) is 0 Å². The average Bonchev–Trinajstić information content (AvgIpc) is 2.09. The molecular formula is C8H9N2O2. The SMILES string of the molecule is COC(=O)Cc1cn[c]nc1C. The first-order chi connectivity index (χ1) is 5.74. The number of carbonyl (C=O) groups excluding carboxylic acids is 1. The summed E-state index contributed by atoms with van der Waals surface area (Å²) in [5, 5.41) is 0. The molecule has 0 aliphatic heterocycles. The number of ether oxygens (including phenoxy) is 1. The molecular weight excluding hydrogens is 156 g/mol. The summed E-state index contributed by atoms with van der Waals surface area (Å²) in [4.78, 5) is 18.4. The minimum absolute atomic E-state index is 0.219. The number of hydrogen-bond donors (Lipinski definition) is 0. The fourth-order valence-electron chi connectivity index (χ4n) is 0.777. The van der Waals surface area contributed by atoms with Crippen LogP contribution < -0.4 is 0 Å². The Morgan fingerprint density at radius 3 is 3.08 bits per heavy atom. The fraction of sp³-hybridized carbons (Fsp3) is 0.375. The van der Waals surface area contributed by atoms with Gasteiger partial charge in [-0.2, -0.15) is 0 Å². The van der Waals surface area contributed by atoms with Crippen LogP contribution in [-0.2, 0) is 16.0 Å². The van der Waals surface area contributed by atoms with E-state index < -0.39 is 0 Å². The zero-order valence-corrected chi connectivity index (χ0v) is 7.00. The summed E-state index contributed by atoms with van der Waals surface area (Å²) >= 11 is 0. The van der Waals surface area contributed by atoms with Gasteiger partial charge in [-0.05, 0) is 6.92 Å². The maximum Gasteiger partial charge on any atom is 0.310 e. The summed E-state index contributed by atoms with van der Waals surface area (Å²) in [6.45, 7) is 1.80. The third-order valence-corrected chi connectivity index (χ3v) is 1.52. The Kier molecular flexibility index (Phi) is 2.74. The lowest BCUT2D eigenvalue weighted by Gasteiger charge is -2.00. The summed E-state index contributed by atoms with van der Waals surface area (Å²) in [5.74, 6) is -0.284. The lowest BCUT2D eigenvalue weighted by Crippen LogP contribution is -2.06. The number of methoxy groups -OCH3 is 1. The Bertz CT molecular complexity index is 286. The number of carbonyl (C=O) groups is 1. The first-order valence-corrected chi connectivity index (χ1v) is 3.49. The highest BCUT2D eigenvalue weighted by Gasteiger charge is 2.05. The quantitative estimate of drug-likeness (QED) is 0.591. The van der Waals surface area contributed by atoms with Crippen LogP contribution in [0.5, 0.6) is 0 Å². The van der Waals surface area contributed by atoms with E-state index in [0.717, 1.165) is 11.3 Å². The summed E-state index contributed by atoms with van der Waals surface area (Å²) in [6, 6.07) is 0. The molecule has 1 heterocycles. The van der Waals surface area contributed by atoms with Gasteiger partial charge in [0.15, 0.2) is 6.33 Å². The second-order valence-electron chi connectivity index (χ2n) is 2.33. The van der Waals surface area contributed by atoms with Gasteiger partial charge in [-0.15, -0.1) is 0 Å². The standard InChI is InChI=1S/C8H9N2O2/c1-6-7(3-8(11)12-2)4-9-5-10-6/h4H,3H2,1-2H3. The fourth-order valence-corrected chi connectivity index (χ4v) is 0.777. The summed E-state index contributed by atoms with van der Waals surface area (Å²) in [6.07, 6.45) is 4.23. The van der Waals surface area contributed by atoms with Gasteiger partial charge in [-0.3, -0.25) is 4.79 Å². The normalized spacial score (nSPS) is 9.50. The van der Waals surface area contributed by atoms with Crippen LogP contribution in [0.4, 0.5) is 0 Å². The molecule has 12 heavy (non-hydrogen) atoms. The van der Waals surface area contributed by atoms with Gasteiger partial charge in [0, 0.05) is 17.5 Å². The first-order valence-electron chi connectivity index (χ1n) is 3.49. The monoisotopic (exact) mass is 165 g/mol. The third-order valence-electron chi connectivity index (χ3n) is 1.52. The van der Waals surface area contributed by atoms with Crippen molar-refractivity contribution in [1.29, 1.82) is 0 Å². The minimum atomic E-state index is -0.284. The largest absolute Gasteiger partial charge is 0.469 e. The molecule has 0 saturated heterocycles. The molecule has 0 unspecified atom stereocenters. The second-order valence-corrected chi connectivity index (χ2v) is 2.33. The zero-order chi connectivity index (χ0) is 8.97. The van der Waals surface area contributed by atoms with Gasteiger partial charge in [0.25, 0.3) is 0 Å². The van der Waals surface area contributed by atoms with Gasteiger partial charge < -0.3 is 4.74 Å². The van der Waals surface area contributed by atoms with Gasteiger partial charge in [0.2, 0.25) is 0 Å². The Morgan fingerprint density at radius 1 is 1.75 bits per heavy atom. The van der Waals surface area contributed by atoms with Gasteiger partial charge in [-0.1, -0.05) is 0 Å². The van der Waals surface area contributed by atoms with E-state index in [-0.39, 0.29) is 12.4 Å². The molecule has 0 atom stereocenters. The van der Waals surface area contributed by atoms with Crippen molar-refractivity contribution in [3.8, 4) is 0 Å². The van der Waals surface area contributed by atoms with Crippen molar-refractivity contribution in [2.24, 2.45) is 0 Å². The molecule has 1 aromatic rings. The molecule has 1 rings (SSSR count). The van der Waals surface area contributed by atoms with Crippen molar-refractivity contribution in [1.82, 2.24) is 9.97 Å². The van der Waals surface area contributed by atoms with Crippen LogP contribution in [0.25, 0.3) is 0 Å². The molecule has 63 valence electrons. The molecule has 1 radical (unpaired) electrons. The molecule has 0 aliphatic rings. The molecule has 4 heteroatoms. The van der Waals surface area contributed by atoms with E-state index in [1.807, 2.05) is 0 Å². The third kappa shape index (κ3) is 2.02. The van der Waals surface area contributed by atoms with Crippen LogP contribution in [0.1, 0.15) is 11.3 Å². The van der Waals surface area contributed by atoms with Gasteiger partial charge in [0.05, 0.1) is 13.5 Å². The van der Waals surface area contributed by atoms with Crippen LogP contribution in [0.15, 0.2) is 6.20 Å². The number of esters is 1. The molecule has 0 aromatic carbocycles. The highest BCUT2D eigenvalue weighted by Crippen LogP contribution is 2.02. The second kappa shape index (κ2) is 3.80. The maximum atomic E-state index is 10.8. The molecule has 4 nitrogen and oxygen atoms in total. The van der Waals surface area contributed by atoms with Gasteiger partial charge >= 0.3 is 5.97 Å². The molecule has 0 N–H and O–H groups in total. The van der Waals surface area contributed by atoms with Gasteiger partial charge in [-0.25, -0.2) is 9.97 Å². The number of aromatic nitrogens is 2. The minimum Gasteiger partial charge on any atom is -0.469 e. The Labute approximate surface area is 70.6 Å². The number of aryl methyl sites for hydroxylation is 1. The first kappa shape index (κ1) is 8.64. The maximum absolute atomic E-state index is 10.8. The van der Waals surface area contributed by atoms with E-state index >= 15 is 0 Å². The van der Waals surface area contributed by atoms with E-state index in [2.05, 4.69) is 21.0 Å². The Balaban J connectivity index is 2.75. The summed E-state index contributed by atoms with van der Waals surface area (Å²) < 4.78 is 4.50. The van der Waals surface area contributed by atoms with Crippen LogP contribution >= 0.6 is 0 Å². The topological polar surface area (TPSA) is 52.1 Å². The number of hydrogen-bond acceptors (Lipinski definition) is 4. The highest BCUT2D eigenvalue weighted by atomic mass is 16.5. The molecule has 0 amide bonds. The molecule has 0 bridgehead atoms. The summed E-state index contributed by atoms with van der Waals surface area (Å²) in [5.41, 5.74) is 1.54. The van der Waals surface area contributed by atoms with Crippen LogP contribution in [0, 0.1) is 13.3 Å². The predicted molar refractivity (Wildman–Crippen MR) is 41.3 cm³/mol. The smallest absolute Gasteiger partial charge is 0.310 e. The van der Waals surface area contributed by atoms with E-state index in [1.54, 1.807) is 13.1 Å². The zero-order valence-electron chi connectivity index (χ0n) is 7.00.